The minimum Gasteiger partial charge on any atom is -0.326 e. The van der Waals surface area contributed by atoms with Gasteiger partial charge in [0, 0.05) is 40.0 Å². The van der Waals surface area contributed by atoms with Crippen LogP contribution in [0.3, 0.4) is 0 Å². The Balaban J connectivity index is 1.55. The Morgan fingerprint density at radius 3 is 2.76 bits per heavy atom. The van der Waals surface area contributed by atoms with Crippen LogP contribution in [0.1, 0.15) is 63.1 Å². The summed E-state index contributed by atoms with van der Waals surface area (Å²) in [5.74, 6) is -0.572. The zero-order valence-electron chi connectivity index (χ0n) is 18.9. The van der Waals surface area contributed by atoms with Gasteiger partial charge in [0.05, 0.1) is 11.8 Å². The largest absolute Gasteiger partial charge is 0.326 e. The molecule has 168 valence electrons. The summed E-state index contributed by atoms with van der Waals surface area (Å²) >= 11 is 1.71. The molecule has 2 amide bonds. The molecule has 2 N–H and O–H groups in total. The third kappa shape index (κ3) is 4.59. The molecule has 0 radical (unpaired) electrons. The first-order chi connectivity index (χ1) is 15.9. The van der Waals surface area contributed by atoms with Crippen molar-refractivity contribution < 1.29 is 9.59 Å². The van der Waals surface area contributed by atoms with Crippen LogP contribution in [-0.2, 0) is 17.6 Å². The maximum Gasteiger partial charge on any atom is 0.271 e. The van der Waals surface area contributed by atoms with Crippen molar-refractivity contribution in [2.75, 3.05) is 5.32 Å². The van der Waals surface area contributed by atoms with E-state index in [2.05, 4.69) is 26.5 Å². The summed E-state index contributed by atoms with van der Waals surface area (Å²) in [4.78, 5) is 25.0. The molecule has 4 rings (SSSR count). The fourth-order valence-electron chi connectivity index (χ4n) is 4.22. The molecule has 0 aliphatic heterocycles. The Labute approximate surface area is 196 Å². The Morgan fingerprint density at radius 2 is 2.00 bits per heavy atom. The highest BCUT2D eigenvalue weighted by Crippen LogP contribution is 2.38. The summed E-state index contributed by atoms with van der Waals surface area (Å²) in [5.41, 5.74) is 8.33. The summed E-state index contributed by atoms with van der Waals surface area (Å²) in [7, 11) is 0. The molecule has 0 fully saturated rings. The molecule has 7 nitrogen and oxygen atoms in total. The van der Waals surface area contributed by atoms with Gasteiger partial charge in [-0.2, -0.15) is 10.4 Å². The van der Waals surface area contributed by atoms with Gasteiger partial charge in [0.2, 0.25) is 5.91 Å². The number of nitriles is 1. The fourth-order valence-corrected chi connectivity index (χ4v) is 5.67. The van der Waals surface area contributed by atoms with E-state index in [4.69, 9.17) is 0 Å². The van der Waals surface area contributed by atoms with Crippen LogP contribution in [0.15, 0.2) is 35.4 Å². The van der Waals surface area contributed by atoms with Crippen molar-refractivity contribution in [3.05, 3.63) is 68.9 Å². The SMILES string of the molecule is CC(=O)Nc1cccc(C(=O)N/N=C\c2cc(C)n(-c3sc4c(c3C#N)CCCC4)c2C)c1. The molecule has 0 bridgehead atoms. The first-order valence-electron chi connectivity index (χ1n) is 10.8. The van der Waals surface area contributed by atoms with Gasteiger partial charge in [-0.15, -0.1) is 11.3 Å². The number of thiophene rings is 1. The lowest BCUT2D eigenvalue weighted by Gasteiger charge is -2.10. The lowest BCUT2D eigenvalue weighted by molar-refractivity contribution is -0.114. The summed E-state index contributed by atoms with van der Waals surface area (Å²) in [5, 5.41) is 17.6. The number of hydrogen-bond donors (Lipinski definition) is 2. The zero-order valence-corrected chi connectivity index (χ0v) is 19.7. The van der Waals surface area contributed by atoms with E-state index in [1.165, 1.54) is 23.8 Å². The molecular formula is C25H25N5O2S. The van der Waals surface area contributed by atoms with Crippen LogP contribution in [0.2, 0.25) is 0 Å². The number of nitrogens with one attached hydrogen (secondary N) is 2. The zero-order chi connectivity index (χ0) is 23.5. The maximum atomic E-state index is 12.5. The van der Waals surface area contributed by atoms with Crippen molar-refractivity contribution in [3.63, 3.8) is 0 Å². The molecule has 8 heteroatoms. The second-order valence-corrected chi connectivity index (χ2v) is 9.21. The number of aryl methyl sites for hydroxylation is 2. The van der Waals surface area contributed by atoms with Gasteiger partial charge in [0.15, 0.2) is 0 Å². The van der Waals surface area contributed by atoms with Gasteiger partial charge in [-0.25, -0.2) is 5.43 Å². The van der Waals surface area contributed by atoms with Crippen molar-refractivity contribution in [2.24, 2.45) is 5.10 Å². The molecule has 1 aliphatic rings. The highest BCUT2D eigenvalue weighted by Gasteiger charge is 2.23. The standard InChI is InChI=1S/C25H25N5O2S/c1-15-11-19(14-27-29-24(32)18-7-6-8-20(12-18)28-17(3)31)16(2)30(15)25-22(13-26)21-9-4-5-10-23(21)33-25/h6-8,11-12,14H,4-5,9-10H2,1-3H3,(H,28,31)(H,29,32)/b27-14-. The number of benzene rings is 1. The Bertz CT molecular complexity index is 1310. The molecule has 33 heavy (non-hydrogen) atoms. The average Bonchev–Trinajstić information content (AvgIpc) is 3.29. The average molecular weight is 460 g/mol. The van der Waals surface area contributed by atoms with Crippen molar-refractivity contribution in [2.45, 2.75) is 46.5 Å². The minimum atomic E-state index is -0.370. The van der Waals surface area contributed by atoms with Crippen LogP contribution in [0.5, 0.6) is 0 Å². The van der Waals surface area contributed by atoms with E-state index in [0.717, 1.165) is 46.8 Å². The molecule has 0 spiro atoms. The summed E-state index contributed by atoms with van der Waals surface area (Å²) in [6.45, 7) is 5.42. The number of hydrogen-bond acceptors (Lipinski definition) is 5. The number of carbonyl (C=O) groups excluding carboxylic acids is 2. The predicted octanol–water partition coefficient (Wildman–Crippen LogP) is 4.63. The third-order valence-corrected chi connectivity index (χ3v) is 7.03. The number of anilines is 1. The van der Waals surface area contributed by atoms with E-state index in [0.29, 0.717) is 11.3 Å². The highest BCUT2D eigenvalue weighted by atomic mass is 32.1. The molecule has 3 aromatic rings. The van der Waals surface area contributed by atoms with Crippen molar-refractivity contribution >= 4 is 35.1 Å². The molecular weight excluding hydrogens is 434 g/mol. The maximum absolute atomic E-state index is 12.5. The van der Waals surface area contributed by atoms with E-state index in [9.17, 15) is 14.9 Å². The normalized spacial score (nSPS) is 12.9. The molecule has 0 atom stereocenters. The number of rotatable bonds is 5. The predicted molar refractivity (Wildman–Crippen MR) is 130 cm³/mol. The second-order valence-electron chi connectivity index (χ2n) is 8.13. The van der Waals surface area contributed by atoms with Gasteiger partial charge in [-0.05, 0) is 69.4 Å². The Hall–Kier alpha value is -3.70. The third-order valence-electron chi connectivity index (χ3n) is 5.75. The summed E-state index contributed by atoms with van der Waals surface area (Å²) in [6, 6.07) is 11.1. The summed E-state index contributed by atoms with van der Waals surface area (Å²) < 4.78 is 2.11. The van der Waals surface area contributed by atoms with Gasteiger partial charge in [0.1, 0.15) is 11.1 Å². The second kappa shape index (κ2) is 9.43. The van der Waals surface area contributed by atoms with E-state index < -0.39 is 0 Å². The molecule has 0 saturated carbocycles. The van der Waals surface area contributed by atoms with Gasteiger partial charge in [0.25, 0.3) is 5.91 Å². The van der Waals surface area contributed by atoms with Crippen LogP contribution in [0, 0.1) is 25.2 Å². The number of nitrogens with zero attached hydrogens (tertiary/aromatic N) is 3. The van der Waals surface area contributed by atoms with Crippen LogP contribution in [0.25, 0.3) is 5.00 Å². The van der Waals surface area contributed by atoms with Crippen LogP contribution in [-0.4, -0.2) is 22.6 Å². The van der Waals surface area contributed by atoms with E-state index in [1.807, 2.05) is 19.9 Å². The molecule has 1 aromatic carbocycles. The van der Waals surface area contributed by atoms with Crippen molar-refractivity contribution in [1.29, 1.82) is 5.26 Å². The lowest BCUT2D eigenvalue weighted by atomic mass is 9.96. The number of fused-ring (bicyclic) bond motifs is 1. The van der Waals surface area contributed by atoms with Crippen LogP contribution in [0.4, 0.5) is 5.69 Å². The molecule has 2 aromatic heterocycles. The molecule has 2 heterocycles. The van der Waals surface area contributed by atoms with Gasteiger partial charge < -0.3 is 9.88 Å². The smallest absolute Gasteiger partial charge is 0.271 e. The van der Waals surface area contributed by atoms with Crippen molar-refractivity contribution in [3.8, 4) is 11.1 Å². The number of amides is 2. The molecule has 0 saturated heterocycles. The molecule has 1 aliphatic carbocycles. The van der Waals surface area contributed by atoms with Gasteiger partial charge >= 0.3 is 0 Å². The minimum absolute atomic E-state index is 0.202. The lowest BCUT2D eigenvalue weighted by Crippen LogP contribution is -2.18. The Kier molecular flexibility index (Phi) is 6.43. The van der Waals surface area contributed by atoms with Crippen molar-refractivity contribution in [1.82, 2.24) is 9.99 Å². The highest BCUT2D eigenvalue weighted by molar-refractivity contribution is 7.15. The number of hydrazone groups is 1. The van der Waals surface area contributed by atoms with Gasteiger partial charge in [-0.3, -0.25) is 9.59 Å². The van der Waals surface area contributed by atoms with Gasteiger partial charge in [-0.1, -0.05) is 6.07 Å². The Morgan fingerprint density at radius 1 is 1.21 bits per heavy atom. The van der Waals surface area contributed by atoms with Crippen LogP contribution >= 0.6 is 11.3 Å². The first-order valence-corrected chi connectivity index (χ1v) is 11.7. The number of carbonyl (C=O) groups is 2. The number of aromatic nitrogens is 1. The van der Waals surface area contributed by atoms with E-state index in [-0.39, 0.29) is 11.8 Å². The first kappa shape index (κ1) is 22.5. The fraction of sp³-hybridized carbons (Fsp3) is 0.280. The van der Waals surface area contributed by atoms with E-state index >= 15 is 0 Å². The van der Waals surface area contributed by atoms with E-state index in [1.54, 1.807) is 41.8 Å². The quantitative estimate of drug-likeness (QED) is 0.430. The molecule has 0 unspecified atom stereocenters. The topological polar surface area (TPSA) is 99.3 Å². The summed E-state index contributed by atoms with van der Waals surface area (Å²) in [6.07, 6.45) is 5.93. The monoisotopic (exact) mass is 459 g/mol. The van der Waals surface area contributed by atoms with Crippen LogP contribution < -0.4 is 10.7 Å².